The van der Waals surface area contributed by atoms with Crippen molar-refractivity contribution >= 4 is 27.3 Å². The Labute approximate surface area is 89.6 Å². The fourth-order valence-corrected chi connectivity index (χ4v) is 2.94. The summed E-state index contributed by atoms with van der Waals surface area (Å²) in [5.41, 5.74) is 0.0684. The fraction of sp³-hybridized carbons (Fsp3) is 0.750. The van der Waals surface area contributed by atoms with Crippen molar-refractivity contribution in [2.24, 2.45) is 0 Å². The van der Waals surface area contributed by atoms with Crippen LogP contribution in [0.2, 0.25) is 0 Å². The maximum absolute atomic E-state index is 5.51. The minimum absolute atomic E-state index is 0.0684. The summed E-state index contributed by atoms with van der Waals surface area (Å²) in [6.45, 7) is 0. The zero-order valence-corrected chi connectivity index (χ0v) is 9.82. The van der Waals surface area contributed by atoms with Gasteiger partial charge in [0.1, 0.15) is 5.01 Å². The molecule has 13 heavy (non-hydrogen) atoms. The van der Waals surface area contributed by atoms with Crippen molar-refractivity contribution in [3.05, 3.63) is 8.92 Å². The quantitative estimate of drug-likeness (QED) is 0.840. The average molecular weight is 263 g/mol. The molecule has 0 atom stereocenters. The molecule has 3 nitrogen and oxygen atoms in total. The van der Waals surface area contributed by atoms with Gasteiger partial charge in [-0.2, -0.15) is 0 Å². The Hall–Kier alpha value is -0.0000000000000000833. The normalized spacial score (nSPS) is 19.8. The summed E-state index contributed by atoms with van der Waals surface area (Å²) in [5.74, 6) is 0. The van der Waals surface area contributed by atoms with Crippen LogP contribution in [0.5, 0.6) is 0 Å². The highest BCUT2D eigenvalue weighted by molar-refractivity contribution is 9.11. The van der Waals surface area contributed by atoms with Crippen LogP contribution in [0, 0.1) is 0 Å². The van der Waals surface area contributed by atoms with Gasteiger partial charge in [0.2, 0.25) is 0 Å². The molecule has 1 heterocycles. The molecule has 1 aliphatic carbocycles. The molecule has 1 aromatic rings. The maximum atomic E-state index is 5.51. The van der Waals surface area contributed by atoms with Gasteiger partial charge in [-0.1, -0.05) is 11.3 Å². The largest absolute Gasteiger partial charge is 0.378 e. The molecule has 0 saturated heterocycles. The summed E-state index contributed by atoms with van der Waals surface area (Å²) < 4.78 is 6.37. The summed E-state index contributed by atoms with van der Waals surface area (Å²) in [6.07, 6.45) is 4.49. The first-order valence-corrected chi connectivity index (χ1v) is 5.88. The van der Waals surface area contributed by atoms with Gasteiger partial charge in [0.05, 0.1) is 5.60 Å². The van der Waals surface area contributed by atoms with Crippen molar-refractivity contribution in [1.29, 1.82) is 0 Å². The van der Waals surface area contributed by atoms with Gasteiger partial charge < -0.3 is 4.74 Å². The lowest BCUT2D eigenvalue weighted by Gasteiger charge is -2.39. The molecular formula is C8H11BrN2OS. The molecule has 0 amide bonds. The van der Waals surface area contributed by atoms with Gasteiger partial charge in [-0.25, -0.2) is 0 Å². The van der Waals surface area contributed by atoms with E-state index in [0.717, 1.165) is 28.2 Å². The van der Waals surface area contributed by atoms with Crippen LogP contribution in [0.4, 0.5) is 0 Å². The van der Waals surface area contributed by atoms with Crippen molar-refractivity contribution < 1.29 is 4.74 Å². The smallest absolute Gasteiger partial charge is 0.183 e. The highest BCUT2D eigenvalue weighted by atomic mass is 79.9. The first-order chi connectivity index (χ1) is 6.24. The molecule has 0 unspecified atom stereocenters. The minimum atomic E-state index is 0.0684. The lowest BCUT2D eigenvalue weighted by molar-refractivity contribution is -0.0709. The third-order valence-electron chi connectivity index (χ3n) is 2.61. The van der Waals surface area contributed by atoms with Crippen LogP contribution in [0.25, 0.3) is 0 Å². The van der Waals surface area contributed by atoms with Crippen LogP contribution >= 0.6 is 27.3 Å². The molecule has 0 bridgehead atoms. The molecule has 0 N–H and O–H groups in total. The number of rotatable bonds is 3. The molecule has 5 heteroatoms. The Morgan fingerprint density at radius 2 is 2.31 bits per heavy atom. The summed E-state index contributed by atoms with van der Waals surface area (Å²) in [4.78, 5) is 0. The molecule has 72 valence electrons. The molecular weight excluding hydrogens is 252 g/mol. The zero-order valence-electron chi connectivity index (χ0n) is 7.42. The van der Waals surface area contributed by atoms with Crippen molar-refractivity contribution in [2.45, 2.75) is 31.3 Å². The molecule has 1 saturated carbocycles. The van der Waals surface area contributed by atoms with Gasteiger partial charge >= 0.3 is 0 Å². The molecule has 0 aliphatic heterocycles. The Balaban J connectivity index is 2.04. The van der Waals surface area contributed by atoms with E-state index in [9.17, 15) is 0 Å². The molecule has 1 aromatic heterocycles. The van der Waals surface area contributed by atoms with E-state index in [1.807, 2.05) is 0 Å². The summed E-state index contributed by atoms with van der Waals surface area (Å²) >= 11 is 4.90. The van der Waals surface area contributed by atoms with Crippen LogP contribution in [0.15, 0.2) is 3.92 Å². The number of ether oxygens (including phenoxy) is 1. The summed E-state index contributed by atoms with van der Waals surface area (Å²) in [6, 6.07) is 0. The lowest BCUT2D eigenvalue weighted by Crippen LogP contribution is -2.41. The number of hydrogen-bond donors (Lipinski definition) is 0. The third kappa shape index (κ3) is 1.92. The second-order valence-electron chi connectivity index (χ2n) is 3.37. The van der Waals surface area contributed by atoms with Crippen molar-refractivity contribution in [2.75, 3.05) is 7.11 Å². The highest BCUT2D eigenvalue weighted by Gasteiger charge is 2.38. The SMILES string of the molecule is COC1(Cc2nnc(Br)s2)CCC1. The second kappa shape index (κ2) is 3.63. The van der Waals surface area contributed by atoms with Gasteiger partial charge in [-0.15, -0.1) is 10.2 Å². The van der Waals surface area contributed by atoms with Crippen molar-refractivity contribution in [3.63, 3.8) is 0 Å². The summed E-state index contributed by atoms with van der Waals surface area (Å²) in [7, 11) is 1.79. The van der Waals surface area contributed by atoms with Crippen LogP contribution < -0.4 is 0 Å². The Bertz CT molecular complexity index is 293. The Morgan fingerprint density at radius 1 is 1.54 bits per heavy atom. The van der Waals surface area contributed by atoms with Gasteiger partial charge in [0, 0.05) is 13.5 Å². The van der Waals surface area contributed by atoms with Crippen molar-refractivity contribution in [3.8, 4) is 0 Å². The standard InChI is InChI=1S/C8H11BrN2OS/c1-12-8(3-2-4-8)5-6-10-11-7(9)13-6/h2-5H2,1H3. The number of halogens is 1. The molecule has 1 aliphatic rings. The fourth-order valence-electron chi connectivity index (χ4n) is 1.60. The van der Waals surface area contributed by atoms with Crippen LogP contribution in [-0.2, 0) is 11.2 Å². The van der Waals surface area contributed by atoms with E-state index in [4.69, 9.17) is 4.74 Å². The molecule has 0 aromatic carbocycles. The monoisotopic (exact) mass is 262 g/mol. The van der Waals surface area contributed by atoms with E-state index in [2.05, 4.69) is 26.1 Å². The number of hydrogen-bond acceptors (Lipinski definition) is 4. The molecule has 0 radical (unpaired) electrons. The topological polar surface area (TPSA) is 35.0 Å². The maximum Gasteiger partial charge on any atom is 0.183 e. The number of methoxy groups -OCH3 is 1. The first kappa shape index (κ1) is 9.55. The Morgan fingerprint density at radius 3 is 2.69 bits per heavy atom. The van der Waals surface area contributed by atoms with E-state index in [1.54, 1.807) is 18.4 Å². The van der Waals surface area contributed by atoms with E-state index in [0.29, 0.717) is 0 Å². The van der Waals surface area contributed by atoms with Gasteiger partial charge in [-0.05, 0) is 35.2 Å². The van der Waals surface area contributed by atoms with E-state index >= 15 is 0 Å². The predicted octanol–water partition coefficient (Wildman–Crippen LogP) is 2.41. The van der Waals surface area contributed by atoms with Gasteiger partial charge in [0.25, 0.3) is 0 Å². The third-order valence-corrected chi connectivity index (χ3v) is 3.97. The van der Waals surface area contributed by atoms with Gasteiger partial charge in [-0.3, -0.25) is 0 Å². The molecule has 0 spiro atoms. The molecule has 1 fully saturated rings. The zero-order chi connectivity index (χ0) is 9.31. The summed E-state index contributed by atoms with van der Waals surface area (Å²) in [5, 5.41) is 9.06. The van der Waals surface area contributed by atoms with Crippen LogP contribution in [-0.4, -0.2) is 22.9 Å². The van der Waals surface area contributed by atoms with E-state index in [-0.39, 0.29) is 5.60 Å². The highest BCUT2D eigenvalue weighted by Crippen LogP contribution is 2.38. The average Bonchev–Trinajstić information content (AvgIpc) is 2.44. The first-order valence-electron chi connectivity index (χ1n) is 4.27. The number of aromatic nitrogens is 2. The predicted molar refractivity (Wildman–Crippen MR) is 54.9 cm³/mol. The number of nitrogens with zero attached hydrogens (tertiary/aromatic N) is 2. The molecule has 2 rings (SSSR count). The van der Waals surface area contributed by atoms with E-state index in [1.165, 1.54) is 6.42 Å². The second-order valence-corrected chi connectivity index (χ2v) is 5.70. The van der Waals surface area contributed by atoms with Crippen molar-refractivity contribution in [1.82, 2.24) is 10.2 Å². The van der Waals surface area contributed by atoms with Crippen LogP contribution in [0.1, 0.15) is 24.3 Å². The Kier molecular flexibility index (Phi) is 2.67. The van der Waals surface area contributed by atoms with Gasteiger partial charge in [0.15, 0.2) is 3.92 Å². The minimum Gasteiger partial charge on any atom is -0.378 e. The van der Waals surface area contributed by atoms with Crippen LogP contribution in [0.3, 0.4) is 0 Å². The van der Waals surface area contributed by atoms with E-state index < -0.39 is 0 Å². The lowest BCUT2D eigenvalue weighted by atomic mass is 9.78.